The Kier molecular flexibility index (Phi) is 4.66. The first kappa shape index (κ1) is 16.7. The minimum atomic E-state index is -3.66. The lowest BCUT2D eigenvalue weighted by molar-refractivity contribution is 0.279. The van der Waals surface area contributed by atoms with Gasteiger partial charge in [0, 0.05) is 17.6 Å². The number of anilines is 1. The van der Waals surface area contributed by atoms with Crippen molar-refractivity contribution in [2.75, 3.05) is 18.8 Å². The molecule has 1 heterocycles. The minimum absolute atomic E-state index is 0.0319. The van der Waals surface area contributed by atoms with Crippen molar-refractivity contribution in [3.05, 3.63) is 22.4 Å². The van der Waals surface area contributed by atoms with Crippen LogP contribution in [-0.4, -0.2) is 25.8 Å². The largest absolute Gasteiger partial charge is 0.396 e. The van der Waals surface area contributed by atoms with E-state index in [1.54, 1.807) is 0 Å². The molecule has 1 aromatic rings. The lowest BCUT2D eigenvalue weighted by Crippen LogP contribution is -2.32. The van der Waals surface area contributed by atoms with Gasteiger partial charge in [-0.05, 0) is 52.7 Å². The quantitative estimate of drug-likeness (QED) is 0.816. The number of nitrogens with zero attached hydrogens (tertiary/aromatic N) is 1. The highest BCUT2D eigenvalue weighted by atomic mass is 79.9. The van der Waals surface area contributed by atoms with Crippen molar-refractivity contribution in [3.8, 4) is 0 Å². The molecule has 0 bridgehead atoms. The Bertz CT molecular complexity index is 645. The number of sulfonamides is 1. The van der Waals surface area contributed by atoms with Crippen LogP contribution in [0.1, 0.15) is 33.1 Å². The molecular formula is C14H20BrFN2O2S. The fourth-order valence-corrected chi connectivity index (χ4v) is 5.37. The zero-order chi connectivity index (χ0) is 15.8. The Morgan fingerprint density at radius 2 is 2.00 bits per heavy atom. The molecule has 0 aromatic heterocycles. The van der Waals surface area contributed by atoms with E-state index in [0.29, 0.717) is 13.1 Å². The van der Waals surface area contributed by atoms with E-state index in [9.17, 15) is 12.8 Å². The Morgan fingerprint density at radius 3 is 2.52 bits per heavy atom. The number of benzene rings is 1. The van der Waals surface area contributed by atoms with Crippen LogP contribution >= 0.6 is 15.9 Å². The molecule has 0 atom stereocenters. The molecule has 4 nitrogen and oxygen atoms in total. The van der Waals surface area contributed by atoms with Gasteiger partial charge in [-0.1, -0.05) is 13.8 Å². The maximum Gasteiger partial charge on any atom is 0.244 e. The van der Waals surface area contributed by atoms with Crippen molar-refractivity contribution in [3.63, 3.8) is 0 Å². The van der Waals surface area contributed by atoms with Crippen LogP contribution in [0.15, 0.2) is 21.5 Å². The molecule has 7 heteroatoms. The van der Waals surface area contributed by atoms with E-state index in [2.05, 4.69) is 29.8 Å². The molecule has 0 aliphatic carbocycles. The first-order chi connectivity index (χ1) is 9.75. The monoisotopic (exact) mass is 378 g/mol. The summed E-state index contributed by atoms with van der Waals surface area (Å²) in [7, 11) is -3.66. The summed E-state index contributed by atoms with van der Waals surface area (Å²) in [5.74, 6) is -0.626. The predicted molar refractivity (Wildman–Crippen MR) is 84.9 cm³/mol. The van der Waals surface area contributed by atoms with Crippen molar-refractivity contribution in [2.24, 2.45) is 5.41 Å². The maximum absolute atomic E-state index is 13.4. The van der Waals surface area contributed by atoms with Gasteiger partial charge in [0.1, 0.15) is 5.82 Å². The van der Waals surface area contributed by atoms with E-state index in [1.807, 2.05) is 0 Å². The lowest BCUT2D eigenvalue weighted by Gasteiger charge is -2.26. The first-order valence-corrected chi connectivity index (χ1v) is 9.24. The fraction of sp³-hybridized carbons (Fsp3) is 0.571. The minimum Gasteiger partial charge on any atom is -0.396 e. The number of halogens is 2. The number of hydrogen-bond acceptors (Lipinski definition) is 3. The van der Waals surface area contributed by atoms with Crippen LogP contribution in [0, 0.1) is 11.2 Å². The van der Waals surface area contributed by atoms with Crippen LogP contribution in [0.4, 0.5) is 10.1 Å². The standard InChI is InChI=1S/C14H20BrFN2O2S/c1-3-14(4-2)5-6-18(9-14)21(19,20)13-8-12(17)11(16)7-10(13)15/h7-8H,3-6,9,17H2,1-2H3. The molecule has 0 saturated carbocycles. The van der Waals surface area contributed by atoms with Gasteiger partial charge in [-0.3, -0.25) is 0 Å². The van der Waals surface area contributed by atoms with E-state index in [4.69, 9.17) is 5.73 Å². The first-order valence-electron chi connectivity index (χ1n) is 7.00. The molecule has 118 valence electrons. The maximum atomic E-state index is 13.4. The third-order valence-corrected chi connectivity index (χ3v) is 7.38. The molecule has 0 unspecified atom stereocenters. The van der Waals surface area contributed by atoms with E-state index in [-0.39, 0.29) is 20.5 Å². The van der Waals surface area contributed by atoms with E-state index in [1.165, 1.54) is 10.4 Å². The van der Waals surface area contributed by atoms with Crippen molar-refractivity contribution in [2.45, 2.75) is 38.0 Å². The lowest BCUT2D eigenvalue weighted by atomic mass is 9.82. The van der Waals surface area contributed by atoms with Crippen LogP contribution in [0.5, 0.6) is 0 Å². The Labute approximate surface area is 133 Å². The van der Waals surface area contributed by atoms with Crippen molar-refractivity contribution in [1.82, 2.24) is 4.31 Å². The Morgan fingerprint density at radius 1 is 1.38 bits per heavy atom. The van der Waals surface area contributed by atoms with Crippen LogP contribution < -0.4 is 5.73 Å². The molecule has 2 rings (SSSR count). The Balaban J connectivity index is 2.38. The van der Waals surface area contributed by atoms with Gasteiger partial charge in [-0.25, -0.2) is 12.8 Å². The second-order valence-corrected chi connectivity index (χ2v) is 8.36. The van der Waals surface area contributed by atoms with Gasteiger partial charge in [0.15, 0.2) is 0 Å². The number of nitrogen functional groups attached to an aromatic ring is 1. The van der Waals surface area contributed by atoms with Crippen molar-refractivity contribution < 1.29 is 12.8 Å². The molecule has 0 spiro atoms. The zero-order valence-corrected chi connectivity index (χ0v) is 14.6. The van der Waals surface area contributed by atoms with Gasteiger partial charge >= 0.3 is 0 Å². The summed E-state index contributed by atoms with van der Waals surface area (Å²) in [5, 5.41) is 0. The summed E-state index contributed by atoms with van der Waals surface area (Å²) in [4.78, 5) is 0.0319. The molecule has 1 aromatic carbocycles. The summed E-state index contributed by atoms with van der Waals surface area (Å²) in [6.07, 6.45) is 2.75. The molecule has 21 heavy (non-hydrogen) atoms. The van der Waals surface area contributed by atoms with Gasteiger partial charge in [-0.15, -0.1) is 0 Å². The average molecular weight is 379 g/mol. The number of rotatable bonds is 4. The van der Waals surface area contributed by atoms with Crippen LogP contribution in [0.2, 0.25) is 0 Å². The predicted octanol–water partition coefficient (Wildman–Crippen LogP) is 3.37. The van der Waals surface area contributed by atoms with Gasteiger partial charge in [0.05, 0.1) is 10.6 Å². The van der Waals surface area contributed by atoms with Gasteiger partial charge in [0.25, 0.3) is 0 Å². The molecule has 1 fully saturated rings. The third-order valence-electron chi connectivity index (χ3n) is 4.57. The summed E-state index contributed by atoms with van der Waals surface area (Å²) in [6, 6.07) is 2.29. The third kappa shape index (κ3) is 2.96. The smallest absolute Gasteiger partial charge is 0.244 e. The molecule has 2 N–H and O–H groups in total. The van der Waals surface area contributed by atoms with Gasteiger partial charge < -0.3 is 5.73 Å². The van der Waals surface area contributed by atoms with Gasteiger partial charge in [0.2, 0.25) is 10.0 Å². The molecule has 1 aliphatic rings. The SMILES string of the molecule is CCC1(CC)CCN(S(=O)(=O)c2cc(N)c(F)cc2Br)C1. The molecule has 1 saturated heterocycles. The molecule has 1 aliphatic heterocycles. The normalized spacial score (nSPS) is 19.0. The second kappa shape index (κ2) is 5.85. The molecular weight excluding hydrogens is 359 g/mol. The second-order valence-electron chi connectivity index (χ2n) is 5.60. The molecule has 0 amide bonds. The zero-order valence-electron chi connectivity index (χ0n) is 12.2. The highest BCUT2D eigenvalue weighted by Crippen LogP contribution is 2.40. The van der Waals surface area contributed by atoms with Crippen molar-refractivity contribution in [1.29, 1.82) is 0 Å². The Hall–Kier alpha value is -0.660. The number of hydrogen-bond donors (Lipinski definition) is 1. The summed E-state index contributed by atoms with van der Waals surface area (Å²) < 4.78 is 40.6. The van der Waals surface area contributed by atoms with Crippen LogP contribution in [0.3, 0.4) is 0 Å². The van der Waals surface area contributed by atoms with Crippen molar-refractivity contribution >= 4 is 31.6 Å². The fourth-order valence-electron chi connectivity index (χ4n) is 2.81. The topological polar surface area (TPSA) is 63.4 Å². The van der Waals surface area contributed by atoms with Crippen LogP contribution in [-0.2, 0) is 10.0 Å². The van der Waals surface area contributed by atoms with Crippen LogP contribution in [0.25, 0.3) is 0 Å². The highest BCUT2D eigenvalue weighted by Gasteiger charge is 2.41. The average Bonchev–Trinajstić information content (AvgIpc) is 2.88. The van der Waals surface area contributed by atoms with E-state index in [0.717, 1.165) is 25.3 Å². The number of nitrogens with two attached hydrogens (primary N) is 1. The van der Waals surface area contributed by atoms with E-state index >= 15 is 0 Å². The van der Waals surface area contributed by atoms with E-state index < -0.39 is 15.8 Å². The molecule has 0 radical (unpaired) electrons. The van der Waals surface area contributed by atoms with Gasteiger partial charge in [-0.2, -0.15) is 4.31 Å². The summed E-state index contributed by atoms with van der Waals surface area (Å²) in [6.45, 7) is 5.18. The summed E-state index contributed by atoms with van der Waals surface area (Å²) in [5.41, 5.74) is 5.40. The highest BCUT2D eigenvalue weighted by molar-refractivity contribution is 9.10. The summed E-state index contributed by atoms with van der Waals surface area (Å²) >= 11 is 3.13.